The Kier molecular flexibility index (Phi) is 5.97. The van der Waals surface area contributed by atoms with Gasteiger partial charge in [0, 0.05) is 47.8 Å². The molecule has 2 heterocycles. The summed E-state index contributed by atoms with van der Waals surface area (Å²) in [5, 5.41) is 9.88. The van der Waals surface area contributed by atoms with Crippen LogP contribution < -0.4 is 0 Å². The number of aromatic nitrogens is 2. The molecule has 2 aromatic carbocycles. The van der Waals surface area contributed by atoms with Crippen molar-refractivity contribution in [1.82, 2.24) is 20.0 Å². The Labute approximate surface area is 174 Å². The van der Waals surface area contributed by atoms with Gasteiger partial charge in [-0.3, -0.25) is 9.80 Å². The number of benzene rings is 2. The first-order valence-corrected chi connectivity index (χ1v) is 10.1. The first-order valence-electron chi connectivity index (χ1n) is 9.39. The minimum absolute atomic E-state index is 0.302. The minimum atomic E-state index is 0.302. The van der Waals surface area contributed by atoms with Gasteiger partial charge >= 0.3 is 0 Å². The first kappa shape index (κ1) is 19.4. The molecule has 1 aliphatic heterocycles. The van der Waals surface area contributed by atoms with Crippen molar-refractivity contribution >= 4 is 23.2 Å². The van der Waals surface area contributed by atoms with Crippen molar-refractivity contribution in [2.45, 2.75) is 19.5 Å². The largest absolute Gasteiger partial charge is 0.419 e. The highest BCUT2D eigenvalue weighted by atomic mass is 35.5. The smallest absolute Gasteiger partial charge is 0.247 e. The number of nitrogens with zero attached hydrogens (tertiary/aromatic N) is 4. The van der Waals surface area contributed by atoms with Crippen molar-refractivity contribution < 1.29 is 4.42 Å². The molecule has 1 unspecified atom stereocenters. The topological polar surface area (TPSA) is 45.4 Å². The molecule has 7 heteroatoms. The third-order valence-corrected chi connectivity index (χ3v) is 5.82. The van der Waals surface area contributed by atoms with E-state index < -0.39 is 0 Å². The fraction of sp³-hybridized carbons (Fsp3) is 0.333. The van der Waals surface area contributed by atoms with Gasteiger partial charge in [0.25, 0.3) is 0 Å². The van der Waals surface area contributed by atoms with E-state index in [0.29, 0.717) is 29.4 Å². The van der Waals surface area contributed by atoms with E-state index in [1.807, 2.05) is 42.5 Å². The maximum Gasteiger partial charge on any atom is 0.247 e. The summed E-state index contributed by atoms with van der Waals surface area (Å²) < 4.78 is 5.83. The van der Waals surface area contributed by atoms with Crippen LogP contribution in [-0.4, -0.2) is 46.2 Å². The second-order valence-electron chi connectivity index (χ2n) is 7.02. The normalized spacial score (nSPS) is 17.0. The van der Waals surface area contributed by atoms with Crippen molar-refractivity contribution in [2.24, 2.45) is 0 Å². The molecular weight excluding hydrogens is 395 g/mol. The van der Waals surface area contributed by atoms with Crippen LogP contribution in [0.5, 0.6) is 0 Å². The molecule has 1 aliphatic rings. The summed E-state index contributed by atoms with van der Waals surface area (Å²) in [5.74, 6) is 1.16. The lowest BCUT2D eigenvalue weighted by Gasteiger charge is -2.37. The zero-order valence-corrected chi connectivity index (χ0v) is 17.2. The average Bonchev–Trinajstić information content (AvgIpc) is 3.17. The molecule has 5 nitrogen and oxygen atoms in total. The molecule has 146 valence electrons. The van der Waals surface area contributed by atoms with E-state index in [-0.39, 0.29) is 0 Å². The number of hydrogen-bond donors (Lipinski definition) is 0. The molecule has 0 radical (unpaired) electrons. The predicted molar refractivity (Wildman–Crippen MR) is 111 cm³/mol. The van der Waals surface area contributed by atoms with Crippen LogP contribution in [0.15, 0.2) is 52.9 Å². The molecule has 1 aromatic heterocycles. The molecule has 0 N–H and O–H groups in total. The monoisotopic (exact) mass is 416 g/mol. The van der Waals surface area contributed by atoms with Gasteiger partial charge in [0.1, 0.15) is 0 Å². The number of hydrogen-bond acceptors (Lipinski definition) is 5. The van der Waals surface area contributed by atoms with Gasteiger partial charge in [-0.15, -0.1) is 10.2 Å². The van der Waals surface area contributed by atoms with Crippen LogP contribution in [0.4, 0.5) is 0 Å². The maximum atomic E-state index is 6.36. The van der Waals surface area contributed by atoms with E-state index in [0.717, 1.165) is 36.8 Å². The maximum absolute atomic E-state index is 6.36. The van der Waals surface area contributed by atoms with Crippen LogP contribution in [0.1, 0.15) is 24.4 Å². The third kappa shape index (κ3) is 4.39. The highest BCUT2D eigenvalue weighted by Crippen LogP contribution is 2.28. The Balaban J connectivity index is 1.33. The van der Waals surface area contributed by atoms with E-state index in [9.17, 15) is 0 Å². The van der Waals surface area contributed by atoms with Gasteiger partial charge in [-0.1, -0.05) is 41.4 Å². The Morgan fingerprint density at radius 1 is 0.964 bits per heavy atom. The molecule has 0 bridgehead atoms. The van der Waals surface area contributed by atoms with Crippen LogP contribution in [0.3, 0.4) is 0 Å². The van der Waals surface area contributed by atoms with E-state index >= 15 is 0 Å². The molecule has 0 aliphatic carbocycles. The van der Waals surface area contributed by atoms with Gasteiger partial charge in [-0.05, 0) is 42.8 Å². The van der Waals surface area contributed by atoms with Crippen molar-refractivity contribution in [3.63, 3.8) is 0 Å². The van der Waals surface area contributed by atoms with Crippen molar-refractivity contribution in [3.8, 4) is 11.5 Å². The van der Waals surface area contributed by atoms with Crippen molar-refractivity contribution in [1.29, 1.82) is 0 Å². The van der Waals surface area contributed by atoms with E-state index in [2.05, 4.69) is 33.0 Å². The lowest BCUT2D eigenvalue weighted by Crippen LogP contribution is -2.46. The van der Waals surface area contributed by atoms with Crippen LogP contribution in [0.25, 0.3) is 11.5 Å². The Hall–Kier alpha value is -1.92. The average molecular weight is 417 g/mol. The standard InChI is InChI=1S/C21H22Cl2N4O/c1-15(18-4-2-3-5-19(18)23)27-12-10-26(11-13-27)14-20-24-25-21(28-20)16-6-8-17(22)9-7-16/h2-9,15H,10-14H2,1H3. The molecule has 3 aromatic rings. The summed E-state index contributed by atoms with van der Waals surface area (Å²) in [6.07, 6.45) is 0. The minimum Gasteiger partial charge on any atom is -0.419 e. The molecule has 0 spiro atoms. The van der Waals surface area contributed by atoms with E-state index in [1.165, 1.54) is 5.56 Å². The van der Waals surface area contributed by atoms with Crippen LogP contribution in [-0.2, 0) is 6.54 Å². The van der Waals surface area contributed by atoms with Gasteiger partial charge in [-0.25, -0.2) is 0 Å². The van der Waals surface area contributed by atoms with Crippen molar-refractivity contribution in [2.75, 3.05) is 26.2 Å². The van der Waals surface area contributed by atoms with Gasteiger partial charge in [0.15, 0.2) is 0 Å². The number of piperazine rings is 1. The molecular formula is C21H22Cl2N4O. The summed E-state index contributed by atoms with van der Waals surface area (Å²) in [5.41, 5.74) is 2.06. The number of rotatable bonds is 5. The second-order valence-corrected chi connectivity index (χ2v) is 7.86. The van der Waals surface area contributed by atoms with Gasteiger partial charge in [0.2, 0.25) is 11.8 Å². The molecule has 0 saturated carbocycles. The van der Waals surface area contributed by atoms with Crippen LogP contribution in [0.2, 0.25) is 10.0 Å². The van der Waals surface area contributed by atoms with Crippen LogP contribution >= 0.6 is 23.2 Å². The Morgan fingerprint density at radius 3 is 2.39 bits per heavy atom. The fourth-order valence-electron chi connectivity index (χ4n) is 3.54. The highest BCUT2D eigenvalue weighted by molar-refractivity contribution is 6.31. The molecule has 1 saturated heterocycles. The van der Waals surface area contributed by atoms with E-state index in [4.69, 9.17) is 27.6 Å². The zero-order valence-electron chi connectivity index (χ0n) is 15.7. The SMILES string of the molecule is CC(c1ccccc1Cl)N1CCN(Cc2nnc(-c3ccc(Cl)cc3)o2)CC1. The Morgan fingerprint density at radius 2 is 1.68 bits per heavy atom. The lowest BCUT2D eigenvalue weighted by molar-refractivity contribution is 0.0923. The fourth-order valence-corrected chi connectivity index (χ4v) is 3.96. The predicted octanol–water partition coefficient (Wildman–Crippen LogP) is 4.92. The number of halogens is 2. The van der Waals surface area contributed by atoms with Crippen molar-refractivity contribution in [3.05, 3.63) is 70.0 Å². The molecule has 1 fully saturated rings. The lowest BCUT2D eigenvalue weighted by atomic mass is 10.1. The second kappa shape index (κ2) is 8.62. The summed E-state index contributed by atoms with van der Waals surface area (Å²) in [7, 11) is 0. The quantitative estimate of drug-likeness (QED) is 0.590. The first-order chi connectivity index (χ1) is 13.6. The summed E-state index contributed by atoms with van der Waals surface area (Å²) in [6.45, 7) is 6.73. The van der Waals surface area contributed by atoms with Crippen LogP contribution in [0, 0.1) is 0 Å². The molecule has 1 atom stereocenters. The summed E-state index contributed by atoms with van der Waals surface area (Å²) in [6, 6.07) is 15.8. The van der Waals surface area contributed by atoms with Gasteiger partial charge in [-0.2, -0.15) is 0 Å². The molecule has 4 rings (SSSR count). The molecule has 28 heavy (non-hydrogen) atoms. The van der Waals surface area contributed by atoms with Gasteiger partial charge < -0.3 is 4.42 Å². The molecule has 0 amide bonds. The zero-order chi connectivity index (χ0) is 19.5. The van der Waals surface area contributed by atoms with E-state index in [1.54, 1.807) is 0 Å². The summed E-state index contributed by atoms with van der Waals surface area (Å²) in [4.78, 5) is 4.81. The summed E-state index contributed by atoms with van der Waals surface area (Å²) >= 11 is 12.3. The third-order valence-electron chi connectivity index (χ3n) is 5.23. The van der Waals surface area contributed by atoms with Gasteiger partial charge in [0.05, 0.1) is 6.54 Å². The highest BCUT2D eigenvalue weighted by Gasteiger charge is 2.24. The Bertz CT molecular complexity index is 920.